The molecule has 0 unspecified atom stereocenters. The summed E-state index contributed by atoms with van der Waals surface area (Å²) in [4.78, 5) is 18.9. The van der Waals surface area contributed by atoms with Gasteiger partial charge in [0.2, 0.25) is 0 Å². The van der Waals surface area contributed by atoms with Gasteiger partial charge in [-0.15, -0.1) is 0 Å². The van der Waals surface area contributed by atoms with E-state index in [4.69, 9.17) is 9.47 Å². The molecule has 10 heteroatoms. The summed E-state index contributed by atoms with van der Waals surface area (Å²) in [6.07, 6.45) is 3.53. The van der Waals surface area contributed by atoms with Crippen molar-refractivity contribution in [3.8, 4) is 5.75 Å². The Labute approximate surface area is 196 Å². The van der Waals surface area contributed by atoms with Crippen LogP contribution in [-0.2, 0) is 17.9 Å². The molecule has 176 valence electrons. The smallest absolute Gasteiger partial charge is 0.323 e. The minimum atomic E-state index is -0.304. The zero-order valence-corrected chi connectivity index (χ0v) is 18.7. The van der Waals surface area contributed by atoms with Gasteiger partial charge in [0.25, 0.3) is 0 Å². The fourth-order valence-corrected chi connectivity index (χ4v) is 3.93. The maximum Gasteiger partial charge on any atom is 0.323 e. The second-order valence-electron chi connectivity index (χ2n) is 8.06. The van der Waals surface area contributed by atoms with E-state index >= 15 is 0 Å². The Hall–Kier alpha value is -3.89. The Morgan fingerprint density at radius 2 is 1.82 bits per heavy atom. The number of nitrogens with one attached hydrogen (secondary N) is 3. The Morgan fingerprint density at radius 1 is 1.03 bits per heavy atom. The number of carbonyl (C=O) groups excluding carboxylic acids is 1. The lowest BCUT2D eigenvalue weighted by atomic mass is 10.2. The van der Waals surface area contributed by atoms with Gasteiger partial charge in [-0.1, -0.05) is 0 Å². The first-order valence-corrected chi connectivity index (χ1v) is 11.3. The average Bonchev–Trinajstić information content (AvgIpc) is 3.53. The summed E-state index contributed by atoms with van der Waals surface area (Å²) in [5.41, 5.74) is 2.56. The van der Waals surface area contributed by atoms with Crippen LogP contribution in [0.5, 0.6) is 5.75 Å². The van der Waals surface area contributed by atoms with Gasteiger partial charge < -0.3 is 24.7 Å². The number of amides is 2. The molecule has 0 spiro atoms. The van der Waals surface area contributed by atoms with Gasteiger partial charge in [-0.25, -0.2) is 9.78 Å². The number of benzene rings is 2. The largest absolute Gasteiger partial charge is 0.486 e. The third-order valence-corrected chi connectivity index (χ3v) is 5.74. The topological polar surface area (TPSA) is 109 Å². The summed E-state index contributed by atoms with van der Waals surface area (Å²) in [6.45, 7) is 5.82. The molecule has 0 aliphatic carbocycles. The zero-order chi connectivity index (χ0) is 23.2. The van der Waals surface area contributed by atoms with Gasteiger partial charge in [0.05, 0.1) is 13.2 Å². The SMILES string of the molecule is O=C(Nc1ccc(OCc2ncn[nH]2)cc1)Nc1ccc2c(ccn2CCN2CCOCC2)c1. The standard InChI is InChI=1S/C24H27N7O3/c32-24(27-19-1-4-21(5-2-19)34-16-23-25-17-26-29-23)28-20-3-6-22-18(15-20)7-8-31(22)10-9-30-11-13-33-14-12-30/h1-8,15,17H,9-14,16H2,(H,25,26,29)(H2,27,28,32). The van der Waals surface area contributed by atoms with Crippen LogP contribution in [0.25, 0.3) is 10.9 Å². The molecule has 5 rings (SSSR count). The molecule has 2 aromatic carbocycles. The number of aromatic nitrogens is 4. The first kappa shape index (κ1) is 21.9. The van der Waals surface area contributed by atoms with Crippen LogP contribution in [0, 0.1) is 0 Å². The number of urea groups is 1. The summed E-state index contributed by atoms with van der Waals surface area (Å²) < 4.78 is 13.3. The van der Waals surface area contributed by atoms with E-state index in [2.05, 4.69) is 47.5 Å². The van der Waals surface area contributed by atoms with E-state index in [1.165, 1.54) is 6.33 Å². The van der Waals surface area contributed by atoms with Crippen molar-refractivity contribution < 1.29 is 14.3 Å². The summed E-state index contributed by atoms with van der Waals surface area (Å²) in [5.74, 6) is 1.32. The number of aromatic amines is 1. The molecule has 1 aliphatic heterocycles. The van der Waals surface area contributed by atoms with Gasteiger partial charge in [0.15, 0.2) is 5.82 Å². The number of hydrogen-bond acceptors (Lipinski definition) is 6. The molecular formula is C24H27N7O3. The molecule has 4 aromatic rings. The highest BCUT2D eigenvalue weighted by Crippen LogP contribution is 2.22. The number of H-pyrrole nitrogens is 1. The molecule has 2 amide bonds. The van der Waals surface area contributed by atoms with Crippen molar-refractivity contribution in [3.05, 3.63) is 66.9 Å². The van der Waals surface area contributed by atoms with E-state index in [0.29, 0.717) is 23.9 Å². The van der Waals surface area contributed by atoms with E-state index < -0.39 is 0 Å². The Morgan fingerprint density at radius 3 is 2.62 bits per heavy atom. The molecule has 1 saturated heterocycles. The molecule has 0 bridgehead atoms. The molecule has 2 aromatic heterocycles. The van der Waals surface area contributed by atoms with Crippen molar-refractivity contribution in [1.29, 1.82) is 0 Å². The van der Waals surface area contributed by atoms with Crippen molar-refractivity contribution in [3.63, 3.8) is 0 Å². The number of nitrogens with zero attached hydrogens (tertiary/aromatic N) is 4. The van der Waals surface area contributed by atoms with Gasteiger partial charge in [-0.05, 0) is 48.5 Å². The first-order valence-electron chi connectivity index (χ1n) is 11.3. The monoisotopic (exact) mass is 461 g/mol. The minimum Gasteiger partial charge on any atom is -0.486 e. The third kappa shape index (κ3) is 5.53. The lowest BCUT2D eigenvalue weighted by Gasteiger charge is -2.26. The van der Waals surface area contributed by atoms with Gasteiger partial charge >= 0.3 is 6.03 Å². The number of carbonyl (C=O) groups is 1. The van der Waals surface area contributed by atoms with E-state index in [-0.39, 0.29) is 6.03 Å². The second-order valence-corrected chi connectivity index (χ2v) is 8.06. The van der Waals surface area contributed by atoms with Crippen LogP contribution in [0.3, 0.4) is 0 Å². The maximum atomic E-state index is 12.5. The third-order valence-electron chi connectivity index (χ3n) is 5.74. The fraction of sp³-hybridized carbons (Fsp3) is 0.292. The van der Waals surface area contributed by atoms with Crippen LogP contribution in [0.15, 0.2) is 61.1 Å². The van der Waals surface area contributed by atoms with E-state index in [1.807, 2.05) is 18.2 Å². The predicted molar refractivity (Wildman–Crippen MR) is 129 cm³/mol. The van der Waals surface area contributed by atoms with Gasteiger partial charge in [-0.2, -0.15) is 5.10 Å². The van der Waals surface area contributed by atoms with Gasteiger partial charge in [-0.3, -0.25) is 10.00 Å². The highest BCUT2D eigenvalue weighted by Gasteiger charge is 2.11. The molecular weight excluding hydrogens is 434 g/mol. The van der Waals surface area contributed by atoms with Gasteiger partial charge in [0.1, 0.15) is 18.7 Å². The summed E-state index contributed by atoms with van der Waals surface area (Å²) in [5, 5.41) is 13.4. The highest BCUT2D eigenvalue weighted by atomic mass is 16.5. The van der Waals surface area contributed by atoms with Gasteiger partial charge in [0, 0.05) is 54.7 Å². The van der Waals surface area contributed by atoms with Crippen molar-refractivity contribution in [2.75, 3.05) is 43.5 Å². The quantitative estimate of drug-likeness (QED) is 0.371. The van der Waals surface area contributed by atoms with Crippen LogP contribution in [-0.4, -0.2) is 63.5 Å². The Kier molecular flexibility index (Phi) is 6.68. The summed E-state index contributed by atoms with van der Waals surface area (Å²) in [7, 11) is 0. The molecule has 0 saturated carbocycles. The lowest BCUT2D eigenvalue weighted by Crippen LogP contribution is -2.38. The Balaban J connectivity index is 1.13. The van der Waals surface area contributed by atoms with Crippen molar-refractivity contribution in [2.45, 2.75) is 13.2 Å². The molecule has 1 aliphatic rings. The summed E-state index contributed by atoms with van der Waals surface area (Å²) in [6, 6.07) is 14.9. The maximum absolute atomic E-state index is 12.5. The summed E-state index contributed by atoms with van der Waals surface area (Å²) >= 11 is 0. The predicted octanol–water partition coefficient (Wildman–Crippen LogP) is 3.31. The number of anilines is 2. The minimum absolute atomic E-state index is 0.296. The zero-order valence-electron chi connectivity index (χ0n) is 18.7. The Bertz CT molecular complexity index is 1220. The molecule has 10 nitrogen and oxygen atoms in total. The highest BCUT2D eigenvalue weighted by molar-refractivity contribution is 6.01. The molecule has 1 fully saturated rings. The van der Waals surface area contributed by atoms with Crippen LogP contribution in [0.4, 0.5) is 16.2 Å². The van der Waals surface area contributed by atoms with Crippen LogP contribution >= 0.6 is 0 Å². The lowest BCUT2D eigenvalue weighted by molar-refractivity contribution is 0.0365. The van der Waals surface area contributed by atoms with Crippen LogP contribution in [0.2, 0.25) is 0 Å². The van der Waals surface area contributed by atoms with E-state index in [9.17, 15) is 4.79 Å². The average molecular weight is 462 g/mol. The van der Waals surface area contributed by atoms with Crippen LogP contribution in [0.1, 0.15) is 5.82 Å². The number of ether oxygens (including phenoxy) is 2. The molecule has 3 heterocycles. The number of rotatable bonds is 8. The first-order chi connectivity index (χ1) is 16.7. The normalized spacial score (nSPS) is 14.2. The van der Waals surface area contributed by atoms with Crippen molar-refractivity contribution in [1.82, 2.24) is 24.6 Å². The van der Waals surface area contributed by atoms with E-state index in [0.717, 1.165) is 56.0 Å². The molecule has 0 radical (unpaired) electrons. The molecule has 34 heavy (non-hydrogen) atoms. The fourth-order valence-electron chi connectivity index (χ4n) is 3.93. The second kappa shape index (κ2) is 10.4. The molecule has 3 N–H and O–H groups in total. The molecule has 0 atom stereocenters. The number of fused-ring (bicyclic) bond motifs is 1. The van der Waals surface area contributed by atoms with Crippen LogP contribution < -0.4 is 15.4 Å². The number of hydrogen-bond donors (Lipinski definition) is 3. The van der Waals surface area contributed by atoms with E-state index in [1.54, 1.807) is 24.3 Å². The number of morpholine rings is 1. The van der Waals surface area contributed by atoms with Crippen molar-refractivity contribution >= 4 is 28.3 Å². The van der Waals surface area contributed by atoms with Crippen molar-refractivity contribution in [2.24, 2.45) is 0 Å².